The number of primary amides is 1. The van der Waals surface area contributed by atoms with E-state index in [1.165, 1.54) is 33.3 Å². The van der Waals surface area contributed by atoms with Crippen molar-refractivity contribution in [1.29, 1.82) is 0 Å². The van der Waals surface area contributed by atoms with Gasteiger partial charge >= 0.3 is 12.2 Å². The molecule has 2 heterocycles. The average Bonchev–Trinajstić information content (AvgIpc) is 3.20. The maximum absolute atomic E-state index is 14.1. The Hall–Kier alpha value is -5.42. The van der Waals surface area contributed by atoms with Crippen molar-refractivity contribution in [3.05, 3.63) is 93.9 Å². The van der Waals surface area contributed by atoms with Gasteiger partial charge in [0.25, 0.3) is 11.8 Å². The van der Waals surface area contributed by atoms with Crippen molar-refractivity contribution >= 4 is 35.6 Å². The lowest BCUT2D eigenvalue weighted by Gasteiger charge is -2.34. The summed E-state index contributed by atoms with van der Waals surface area (Å²) in [6.07, 6.45) is 2.54. The first kappa shape index (κ1) is 46.3. The third kappa shape index (κ3) is 12.5. The van der Waals surface area contributed by atoms with Gasteiger partial charge in [-0.3, -0.25) is 24.1 Å². The number of benzene rings is 1. The Labute approximate surface area is 345 Å². The van der Waals surface area contributed by atoms with Crippen molar-refractivity contribution in [3.8, 4) is 0 Å². The third-order valence-corrected chi connectivity index (χ3v) is 10.6. The Kier molecular flexibility index (Phi) is 16.9. The second-order valence-electron chi connectivity index (χ2n) is 15.0. The van der Waals surface area contributed by atoms with Gasteiger partial charge in [0.05, 0.1) is 30.2 Å². The zero-order chi connectivity index (χ0) is 43.4. The summed E-state index contributed by atoms with van der Waals surface area (Å²) in [4.78, 5) is 82.6. The highest BCUT2D eigenvalue weighted by molar-refractivity contribution is 6.24. The zero-order valence-electron chi connectivity index (χ0n) is 34.8. The lowest BCUT2D eigenvalue weighted by Crippen LogP contribution is -2.48. The van der Waals surface area contributed by atoms with E-state index in [1.54, 1.807) is 50.0 Å². The number of nitrogens with zero attached hydrogens (tertiary/aromatic N) is 2. The van der Waals surface area contributed by atoms with Crippen LogP contribution < -0.4 is 16.4 Å². The van der Waals surface area contributed by atoms with Gasteiger partial charge in [-0.2, -0.15) is 0 Å². The molecule has 1 aromatic carbocycles. The Morgan fingerprint density at radius 3 is 2.29 bits per heavy atom. The molecule has 16 nitrogen and oxygen atoms in total. The highest BCUT2D eigenvalue weighted by Gasteiger charge is 2.34. The molecule has 3 aliphatic rings. The Bertz CT molecular complexity index is 1890. The molecule has 0 saturated carbocycles. The smallest absolute Gasteiger partial charge is 0.409 e. The largest absolute Gasteiger partial charge is 0.450 e. The minimum absolute atomic E-state index is 0.00538. The van der Waals surface area contributed by atoms with Crippen molar-refractivity contribution in [2.45, 2.75) is 78.4 Å². The van der Waals surface area contributed by atoms with Crippen molar-refractivity contribution in [2.75, 3.05) is 47.0 Å². The SMILES string of the molecule is CCOC(=O)N1CCN(Cc2ccc(C(=O)NC3=C4C[C@@H](C)C[C@H](OC)[C@H](O)[C@@H](C)/C=C(\C)[C@@H](OC(N)=O)[C@@H](OC)/C=C\C=C(/C)C(=O)NC(=CC3=O)C4=O)cc2)CC1. The minimum atomic E-state index is -1.06. The van der Waals surface area contributed by atoms with E-state index in [2.05, 4.69) is 15.5 Å². The van der Waals surface area contributed by atoms with Gasteiger partial charge in [0, 0.05) is 75.6 Å². The second-order valence-corrected chi connectivity index (χ2v) is 15.0. The molecular weight excluding hydrogens is 762 g/mol. The van der Waals surface area contributed by atoms with E-state index in [1.807, 2.05) is 19.1 Å². The highest BCUT2D eigenvalue weighted by atomic mass is 16.6. The first-order chi connectivity index (χ1) is 28.1. The number of fused-ring (bicyclic) bond motifs is 2. The van der Waals surface area contributed by atoms with Crippen molar-refractivity contribution < 1.29 is 52.8 Å². The van der Waals surface area contributed by atoms with Crippen LogP contribution in [0, 0.1) is 11.8 Å². The number of aliphatic hydroxyl groups is 1. The van der Waals surface area contributed by atoms with E-state index in [4.69, 9.17) is 24.7 Å². The van der Waals surface area contributed by atoms with E-state index >= 15 is 0 Å². The highest BCUT2D eigenvalue weighted by Crippen LogP contribution is 2.29. The molecule has 0 aromatic heterocycles. The molecule has 1 fully saturated rings. The zero-order valence-corrected chi connectivity index (χ0v) is 34.8. The van der Waals surface area contributed by atoms with Gasteiger partial charge < -0.3 is 45.3 Å². The number of hydrogen-bond acceptors (Lipinski definition) is 12. The summed E-state index contributed by atoms with van der Waals surface area (Å²) in [6.45, 7) is 11.9. The Morgan fingerprint density at radius 1 is 1.00 bits per heavy atom. The predicted molar refractivity (Wildman–Crippen MR) is 217 cm³/mol. The van der Waals surface area contributed by atoms with Gasteiger partial charge in [-0.1, -0.05) is 50.3 Å². The number of carbonyl (C=O) groups is 6. The van der Waals surface area contributed by atoms with Gasteiger partial charge in [0.15, 0.2) is 6.10 Å². The van der Waals surface area contributed by atoms with E-state index in [0.29, 0.717) is 44.9 Å². The van der Waals surface area contributed by atoms with E-state index < -0.39 is 59.8 Å². The summed E-state index contributed by atoms with van der Waals surface area (Å²) in [7, 11) is 2.87. The lowest BCUT2D eigenvalue weighted by atomic mass is 9.85. The van der Waals surface area contributed by atoms with Crippen LogP contribution in [0.1, 0.15) is 63.4 Å². The molecule has 4 amide bonds. The van der Waals surface area contributed by atoms with Crippen molar-refractivity contribution in [2.24, 2.45) is 17.6 Å². The number of hydrogen-bond donors (Lipinski definition) is 4. The maximum atomic E-state index is 14.1. The normalized spacial score (nSPS) is 27.7. The molecule has 4 rings (SSSR count). The number of carbonyl (C=O) groups excluding carboxylic acids is 6. The van der Waals surface area contributed by atoms with Gasteiger partial charge in [-0.25, -0.2) is 9.59 Å². The van der Waals surface area contributed by atoms with Crippen LogP contribution in [0.3, 0.4) is 0 Å². The van der Waals surface area contributed by atoms with Crippen LogP contribution in [0.4, 0.5) is 9.59 Å². The molecule has 0 unspecified atom stereocenters. The summed E-state index contributed by atoms with van der Waals surface area (Å²) < 4.78 is 21.8. The number of Topliss-reactive ketones (excluding diaryl/α,β-unsaturated/α-hetero) is 1. The van der Waals surface area contributed by atoms with Gasteiger partial charge in [-0.15, -0.1) is 0 Å². The van der Waals surface area contributed by atoms with Crippen LogP contribution in [0.2, 0.25) is 0 Å². The van der Waals surface area contributed by atoms with Gasteiger partial charge in [0.1, 0.15) is 6.10 Å². The van der Waals surface area contributed by atoms with E-state index in [-0.39, 0.29) is 53.0 Å². The Morgan fingerprint density at radius 2 is 1.68 bits per heavy atom. The topological polar surface area (TPSA) is 216 Å². The van der Waals surface area contributed by atoms with Crippen LogP contribution in [-0.4, -0.2) is 122 Å². The fourth-order valence-electron chi connectivity index (χ4n) is 7.23. The number of aliphatic hydroxyl groups excluding tert-OH is 1. The fourth-order valence-corrected chi connectivity index (χ4v) is 7.23. The van der Waals surface area contributed by atoms with E-state index in [9.17, 15) is 33.9 Å². The molecule has 6 atom stereocenters. The molecular formula is C43H57N5O11. The number of piperazine rings is 1. The van der Waals surface area contributed by atoms with Crippen molar-refractivity contribution in [3.63, 3.8) is 0 Å². The predicted octanol–water partition coefficient (Wildman–Crippen LogP) is 3.47. The van der Waals surface area contributed by atoms with E-state index in [0.717, 1.165) is 11.6 Å². The molecule has 0 spiro atoms. The molecule has 320 valence electrons. The van der Waals surface area contributed by atoms with Crippen LogP contribution in [0.25, 0.3) is 0 Å². The Balaban J connectivity index is 1.61. The maximum Gasteiger partial charge on any atom is 0.409 e. The number of nitrogens with one attached hydrogen (secondary N) is 2. The number of ketones is 2. The first-order valence-electron chi connectivity index (χ1n) is 19.7. The van der Waals surface area contributed by atoms with Crippen LogP contribution in [-0.2, 0) is 39.9 Å². The summed E-state index contributed by atoms with van der Waals surface area (Å²) in [5, 5.41) is 16.7. The summed E-state index contributed by atoms with van der Waals surface area (Å²) in [5.41, 5.74) is 6.84. The quantitative estimate of drug-likeness (QED) is 0.219. The number of nitrogens with two attached hydrogens (primary N) is 1. The first-order valence-corrected chi connectivity index (χ1v) is 19.7. The van der Waals surface area contributed by atoms with Gasteiger partial charge in [0.2, 0.25) is 11.6 Å². The average molecular weight is 820 g/mol. The monoisotopic (exact) mass is 819 g/mol. The third-order valence-electron chi connectivity index (χ3n) is 10.6. The lowest BCUT2D eigenvalue weighted by molar-refractivity contribution is -0.120. The van der Waals surface area contributed by atoms with Crippen molar-refractivity contribution in [1.82, 2.24) is 20.4 Å². The molecule has 1 saturated heterocycles. The molecule has 5 N–H and O–H groups in total. The molecule has 1 aliphatic carbocycles. The molecule has 2 bridgehead atoms. The van der Waals surface area contributed by atoms with Crippen LogP contribution >= 0.6 is 0 Å². The number of methoxy groups -OCH3 is 2. The summed E-state index contributed by atoms with van der Waals surface area (Å²) >= 11 is 0. The molecule has 0 radical (unpaired) electrons. The van der Waals surface area contributed by atoms with Crippen LogP contribution in [0.5, 0.6) is 0 Å². The molecule has 59 heavy (non-hydrogen) atoms. The minimum Gasteiger partial charge on any atom is -0.450 e. The standard InChI is InChI=1S/C43H57N5O11/c1-8-58-43(55)48-18-16-47(17-19-48)24-29-12-14-30(15-13-29)41(53)46-36-31-20-25(2)21-35(57-7)37(50)27(4)22-28(5)39(59-42(44)54)34(56-6)11-9-10-26(3)40(52)45-32(38(31)51)23-33(36)49/h9-15,22-23,25,27,34-35,37,39,50H,8,16-21,24H2,1-7H3,(H2,44,54)(H,45,52)(H,46,53)/b11-9-,26-10+,28-22+/t25-,27+,34+,35+,37-,39-/m1/s1. The number of amides is 4. The van der Waals surface area contributed by atoms with Crippen LogP contribution in [0.15, 0.2) is 82.8 Å². The summed E-state index contributed by atoms with van der Waals surface area (Å²) in [6, 6.07) is 6.90. The molecule has 1 aromatic rings. The molecule has 16 heteroatoms. The van der Waals surface area contributed by atoms with Gasteiger partial charge in [-0.05, 0) is 62.8 Å². The molecule has 2 aliphatic heterocycles. The number of rotatable bonds is 8. The fraction of sp³-hybridized carbons (Fsp3) is 0.488. The second kappa shape index (κ2) is 21.5. The summed E-state index contributed by atoms with van der Waals surface area (Å²) in [5.74, 6) is -3.49. The number of allylic oxidation sites excluding steroid dienone is 4. The number of ether oxygens (including phenoxy) is 4.